The average molecular weight is 499 g/mol. The molecule has 10 nitrogen and oxygen atoms in total. The molecule has 1 aliphatic carbocycles. The van der Waals surface area contributed by atoms with Gasteiger partial charge in [0.25, 0.3) is 5.91 Å². The number of hydrogen-bond acceptors (Lipinski definition) is 8. The van der Waals surface area contributed by atoms with Crippen LogP contribution in [0.1, 0.15) is 64.9 Å². The van der Waals surface area contributed by atoms with Crippen LogP contribution in [0.3, 0.4) is 0 Å². The van der Waals surface area contributed by atoms with Gasteiger partial charge in [0.05, 0.1) is 0 Å². The molecule has 1 saturated carbocycles. The van der Waals surface area contributed by atoms with Gasteiger partial charge < -0.3 is 21.8 Å². The molecule has 1 aromatic carbocycles. The highest BCUT2D eigenvalue weighted by molar-refractivity contribution is 7.99. The molecule has 1 aliphatic rings. The second kappa shape index (κ2) is 11.0. The minimum atomic E-state index is -0.468. The van der Waals surface area contributed by atoms with E-state index >= 15 is 0 Å². The second-order valence-electron chi connectivity index (χ2n) is 9.81. The zero-order chi connectivity index (χ0) is 25.8. The number of nitrogen functional groups attached to an aromatic ring is 1. The summed E-state index contributed by atoms with van der Waals surface area (Å²) in [4.78, 5) is 39.2. The van der Waals surface area contributed by atoms with E-state index in [0.29, 0.717) is 11.0 Å². The number of benzene rings is 1. The van der Waals surface area contributed by atoms with E-state index < -0.39 is 11.4 Å². The average Bonchev–Trinajstić information content (AvgIpc) is 3.60. The third-order valence-electron chi connectivity index (χ3n) is 4.70. The highest BCUT2D eigenvalue weighted by Gasteiger charge is 2.29. The third-order valence-corrected chi connectivity index (χ3v) is 5.58. The zero-order valence-electron chi connectivity index (χ0n) is 21.0. The number of hydrogen-bond donors (Lipinski definition) is 5. The Morgan fingerprint density at radius 1 is 1.14 bits per heavy atom. The van der Waals surface area contributed by atoms with E-state index in [-0.39, 0.29) is 35.1 Å². The number of nitrogens with one attached hydrogen (secondary N) is 4. The zero-order valence-corrected chi connectivity index (χ0v) is 21.8. The van der Waals surface area contributed by atoms with E-state index in [4.69, 9.17) is 5.73 Å². The summed E-state index contributed by atoms with van der Waals surface area (Å²) in [5.41, 5.74) is 12.8. The van der Waals surface area contributed by atoms with Crippen molar-refractivity contribution >= 4 is 46.6 Å². The Balaban J connectivity index is 1.87. The summed E-state index contributed by atoms with van der Waals surface area (Å²) in [6.45, 7) is 11.4. The van der Waals surface area contributed by atoms with E-state index in [1.54, 1.807) is 6.92 Å². The molecule has 0 saturated heterocycles. The van der Waals surface area contributed by atoms with Crippen molar-refractivity contribution in [3.05, 3.63) is 30.0 Å². The van der Waals surface area contributed by atoms with Gasteiger partial charge >= 0.3 is 0 Å². The van der Waals surface area contributed by atoms with E-state index in [9.17, 15) is 9.59 Å². The van der Waals surface area contributed by atoms with Crippen LogP contribution >= 0.6 is 11.8 Å². The lowest BCUT2D eigenvalue weighted by Crippen LogP contribution is -2.41. The summed E-state index contributed by atoms with van der Waals surface area (Å²) < 4.78 is 0. The van der Waals surface area contributed by atoms with Gasteiger partial charge in [-0.05, 0) is 90.4 Å². The molecule has 2 amide bonds. The van der Waals surface area contributed by atoms with Crippen molar-refractivity contribution in [3.8, 4) is 0 Å². The fourth-order valence-electron chi connectivity index (χ4n) is 2.88. The van der Waals surface area contributed by atoms with Crippen molar-refractivity contribution in [1.82, 2.24) is 26.1 Å². The van der Waals surface area contributed by atoms with Gasteiger partial charge in [0.2, 0.25) is 5.91 Å². The van der Waals surface area contributed by atoms with Gasteiger partial charge in [-0.3, -0.25) is 9.59 Å². The number of carbonyl (C=O) groups is 2. The molecule has 11 heteroatoms. The van der Waals surface area contributed by atoms with Gasteiger partial charge in [0, 0.05) is 28.1 Å². The normalized spacial score (nSPS) is 14.1. The third kappa shape index (κ3) is 8.22. The van der Waals surface area contributed by atoms with Crippen molar-refractivity contribution in [2.24, 2.45) is 10.9 Å². The van der Waals surface area contributed by atoms with Crippen LogP contribution in [0, 0.1) is 5.92 Å². The molecule has 0 radical (unpaired) electrons. The first-order valence-electron chi connectivity index (χ1n) is 11.6. The Kier molecular flexibility index (Phi) is 8.34. The standard InChI is InChI=1S/C24H34N8O2S/c1-13(2)31-32-14(3)26-20-18(25)19(22(34)30-24(4,5)6)28-23(29-20)35-17-11-9-16(10-12-17)27-21(33)15-7-8-15/h9-13,15,31H,7-8,25H2,1-6H3,(H,27,33)(H,30,34)(H,26,28,29,32). The number of nitrogens with two attached hydrogens (primary N) is 1. The van der Waals surface area contributed by atoms with E-state index in [2.05, 4.69) is 36.4 Å². The highest BCUT2D eigenvalue weighted by Crippen LogP contribution is 2.33. The van der Waals surface area contributed by atoms with Crippen molar-refractivity contribution < 1.29 is 9.59 Å². The Morgan fingerprint density at radius 2 is 1.80 bits per heavy atom. The van der Waals surface area contributed by atoms with Crippen molar-refractivity contribution in [2.45, 2.75) is 76.0 Å². The Hall–Kier alpha value is -3.18. The summed E-state index contributed by atoms with van der Waals surface area (Å²) in [5, 5.41) is 6.14. The number of hydrazine groups is 1. The number of amides is 2. The first kappa shape index (κ1) is 26.4. The molecular weight excluding hydrogens is 464 g/mol. The lowest BCUT2D eigenvalue weighted by Gasteiger charge is -2.21. The maximum absolute atomic E-state index is 12.9. The molecule has 1 aromatic heterocycles. The van der Waals surface area contributed by atoms with Crippen LogP contribution in [0.5, 0.6) is 0 Å². The molecule has 0 unspecified atom stereocenters. The molecule has 2 aromatic rings. The molecule has 0 atom stereocenters. The maximum Gasteiger partial charge on any atom is 0.272 e. The van der Waals surface area contributed by atoms with E-state index in [0.717, 1.165) is 23.4 Å². The first-order valence-corrected chi connectivity index (χ1v) is 12.4. The Labute approximate surface area is 210 Å². The number of aliphatic imine (C=N–C) groups is 1. The molecule has 188 valence electrons. The van der Waals surface area contributed by atoms with Crippen LogP contribution in [-0.4, -0.2) is 39.2 Å². The molecule has 3 rings (SSSR count). The quantitative estimate of drug-likeness (QED) is 0.160. The van der Waals surface area contributed by atoms with Crippen LogP contribution in [-0.2, 0) is 4.79 Å². The predicted molar refractivity (Wildman–Crippen MR) is 140 cm³/mol. The summed E-state index contributed by atoms with van der Waals surface area (Å²) in [5.74, 6) is 0.529. The summed E-state index contributed by atoms with van der Waals surface area (Å²) >= 11 is 1.28. The summed E-state index contributed by atoms with van der Waals surface area (Å²) in [6.07, 6.45) is 1.90. The maximum atomic E-state index is 12.9. The molecule has 0 aliphatic heterocycles. The lowest BCUT2D eigenvalue weighted by atomic mass is 10.1. The van der Waals surface area contributed by atoms with Crippen molar-refractivity contribution in [3.63, 3.8) is 0 Å². The Morgan fingerprint density at radius 3 is 2.37 bits per heavy atom. The smallest absolute Gasteiger partial charge is 0.272 e. The van der Waals surface area contributed by atoms with E-state index in [1.165, 1.54) is 11.8 Å². The minimum absolute atomic E-state index is 0.0558. The molecule has 0 spiro atoms. The summed E-state index contributed by atoms with van der Waals surface area (Å²) in [7, 11) is 0. The molecule has 1 heterocycles. The van der Waals surface area contributed by atoms with Crippen LogP contribution in [0.25, 0.3) is 0 Å². The largest absolute Gasteiger partial charge is 0.394 e. The molecular formula is C24H34N8O2S. The van der Waals surface area contributed by atoms with Gasteiger partial charge in [0.15, 0.2) is 16.7 Å². The van der Waals surface area contributed by atoms with Gasteiger partial charge in [-0.2, -0.15) is 0 Å². The lowest BCUT2D eigenvalue weighted by molar-refractivity contribution is -0.117. The summed E-state index contributed by atoms with van der Waals surface area (Å²) in [6, 6.07) is 7.59. The topological polar surface area (TPSA) is 146 Å². The number of rotatable bonds is 8. The van der Waals surface area contributed by atoms with Crippen molar-refractivity contribution in [1.29, 1.82) is 0 Å². The fraction of sp³-hybridized carbons (Fsp3) is 0.458. The minimum Gasteiger partial charge on any atom is -0.394 e. The molecule has 1 fully saturated rings. The van der Waals surface area contributed by atoms with Crippen LogP contribution in [0.4, 0.5) is 17.2 Å². The van der Waals surface area contributed by atoms with Gasteiger partial charge in [0.1, 0.15) is 11.5 Å². The van der Waals surface area contributed by atoms with E-state index in [1.807, 2.05) is 58.9 Å². The van der Waals surface area contributed by atoms with Crippen LogP contribution in [0.2, 0.25) is 0 Å². The second-order valence-corrected chi connectivity index (χ2v) is 10.8. The highest BCUT2D eigenvalue weighted by atomic mass is 32.2. The van der Waals surface area contributed by atoms with Crippen LogP contribution < -0.4 is 27.2 Å². The molecule has 6 N–H and O–H groups in total. The predicted octanol–water partition coefficient (Wildman–Crippen LogP) is 3.64. The number of aromatic nitrogens is 2. The van der Waals surface area contributed by atoms with Gasteiger partial charge in [-0.15, -0.1) is 0 Å². The SMILES string of the molecule is CC(=Nc1nc(Sc2ccc(NC(=O)C3CC3)cc2)nc(C(=O)NC(C)(C)C)c1N)NNC(C)C. The van der Waals surface area contributed by atoms with Crippen LogP contribution in [0.15, 0.2) is 39.3 Å². The monoisotopic (exact) mass is 498 g/mol. The molecule has 35 heavy (non-hydrogen) atoms. The molecule has 0 bridgehead atoms. The van der Waals surface area contributed by atoms with Gasteiger partial charge in [-0.1, -0.05) is 0 Å². The number of carbonyl (C=O) groups excluding carboxylic acids is 2. The van der Waals surface area contributed by atoms with Gasteiger partial charge in [-0.25, -0.2) is 20.4 Å². The number of anilines is 2. The first-order chi connectivity index (χ1) is 16.4. The number of amidine groups is 1. The fourth-order valence-corrected chi connectivity index (χ4v) is 3.63. The number of nitrogens with zero attached hydrogens (tertiary/aromatic N) is 3. The van der Waals surface area contributed by atoms with Crippen molar-refractivity contribution in [2.75, 3.05) is 11.1 Å². The Bertz CT molecular complexity index is 1110.